The first-order valence-electron chi connectivity index (χ1n) is 3.88. The van der Waals surface area contributed by atoms with Crippen molar-refractivity contribution in [1.29, 1.82) is 0 Å². The number of nitrogens with two attached hydrogens (primary N) is 1. The van der Waals surface area contributed by atoms with Crippen molar-refractivity contribution in [1.82, 2.24) is 9.91 Å². The third-order valence-electron chi connectivity index (χ3n) is 1.23. The molecule has 0 heterocycles. The van der Waals surface area contributed by atoms with Crippen LogP contribution in [0.25, 0.3) is 0 Å². The standard InChI is InChI=1S/C7H15N3O2S/c1-4-12-6(11)5-10(8)7(13)9(2)3/h4-5,8H2,1-3H3. The molecule has 0 unspecified atom stereocenters. The minimum atomic E-state index is -0.380. The predicted molar refractivity (Wildman–Crippen MR) is 53.8 cm³/mol. The molecule has 0 atom stereocenters. The molecular weight excluding hydrogens is 190 g/mol. The second-order valence-electron chi connectivity index (χ2n) is 2.61. The molecule has 0 fully saturated rings. The molecule has 5 nitrogen and oxygen atoms in total. The van der Waals surface area contributed by atoms with Crippen molar-refractivity contribution in [2.75, 3.05) is 27.2 Å². The topological polar surface area (TPSA) is 58.8 Å². The zero-order valence-corrected chi connectivity index (χ0v) is 8.93. The summed E-state index contributed by atoms with van der Waals surface area (Å²) in [6, 6.07) is 0. The number of carbonyl (C=O) groups excluding carboxylic acids is 1. The van der Waals surface area contributed by atoms with Gasteiger partial charge in [-0.2, -0.15) is 0 Å². The molecule has 0 aromatic heterocycles. The van der Waals surface area contributed by atoms with E-state index in [1.807, 2.05) is 0 Å². The maximum Gasteiger partial charge on any atom is 0.327 e. The molecule has 0 radical (unpaired) electrons. The molecule has 0 spiro atoms. The summed E-state index contributed by atoms with van der Waals surface area (Å²) in [4.78, 5) is 12.6. The van der Waals surface area contributed by atoms with Gasteiger partial charge in [0.25, 0.3) is 0 Å². The summed E-state index contributed by atoms with van der Waals surface area (Å²) < 4.78 is 4.70. The Morgan fingerprint density at radius 2 is 2.08 bits per heavy atom. The number of hydrogen-bond acceptors (Lipinski definition) is 4. The lowest BCUT2D eigenvalue weighted by atomic mass is 10.6. The van der Waals surface area contributed by atoms with E-state index < -0.39 is 0 Å². The van der Waals surface area contributed by atoms with Crippen LogP contribution in [0.1, 0.15) is 6.92 Å². The van der Waals surface area contributed by atoms with Gasteiger partial charge in [0.2, 0.25) is 0 Å². The van der Waals surface area contributed by atoms with Crippen LogP contribution in [-0.4, -0.2) is 48.2 Å². The lowest BCUT2D eigenvalue weighted by Crippen LogP contribution is -2.46. The van der Waals surface area contributed by atoms with Crippen LogP contribution >= 0.6 is 12.2 Å². The van der Waals surface area contributed by atoms with Crippen LogP contribution in [0.3, 0.4) is 0 Å². The average Bonchev–Trinajstić information content (AvgIpc) is 2.03. The summed E-state index contributed by atoms with van der Waals surface area (Å²) in [6.45, 7) is 2.06. The number of esters is 1. The lowest BCUT2D eigenvalue weighted by Gasteiger charge is -2.23. The number of ether oxygens (including phenoxy) is 1. The number of hydrazine groups is 1. The fraction of sp³-hybridized carbons (Fsp3) is 0.714. The molecule has 0 saturated heterocycles. The molecule has 13 heavy (non-hydrogen) atoms. The Hall–Kier alpha value is -0.880. The van der Waals surface area contributed by atoms with Gasteiger partial charge in [0.15, 0.2) is 5.11 Å². The molecule has 0 bridgehead atoms. The quantitative estimate of drug-likeness (QED) is 0.292. The van der Waals surface area contributed by atoms with Crippen LogP contribution in [0, 0.1) is 0 Å². The first-order chi connectivity index (χ1) is 5.99. The molecule has 0 amide bonds. The van der Waals surface area contributed by atoms with Crippen LogP contribution in [0.2, 0.25) is 0 Å². The van der Waals surface area contributed by atoms with Crippen molar-refractivity contribution in [2.45, 2.75) is 6.92 Å². The second-order valence-corrected chi connectivity index (χ2v) is 2.98. The van der Waals surface area contributed by atoms with Crippen LogP contribution in [0.5, 0.6) is 0 Å². The van der Waals surface area contributed by atoms with E-state index in [0.717, 1.165) is 0 Å². The maximum atomic E-state index is 11.0. The molecular formula is C7H15N3O2S. The molecule has 0 aliphatic rings. The van der Waals surface area contributed by atoms with E-state index in [-0.39, 0.29) is 12.5 Å². The van der Waals surface area contributed by atoms with Crippen molar-refractivity contribution in [2.24, 2.45) is 5.84 Å². The van der Waals surface area contributed by atoms with Gasteiger partial charge in [0.1, 0.15) is 6.54 Å². The van der Waals surface area contributed by atoms with Crippen molar-refractivity contribution in [3.63, 3.8) is 0 Å². The summed E-state index contributed by atoms with van der Waals surface area (Å²) >= 11 is 4.92. The largest absolute Gasteiger partial charge is 0.465 e. The summed E-state index contributed by atoms with van der Waals surface area (Å²) in [7, 11) is 3.51. The molecule has 6 heteroatoms. The number of nitrogens with zero attached hydrogens (tertiary/aromatic N) is 2. The van der Waals surface area contributed by atoms with E-state index >= 15 is 0 Å². The van der Waals surface area contributed by atoms with Crippen LogP contribution in [0.15, 0.2) is 0 Å². The lowest BCUT2D eigenvalue weighted by molar-refractivity contribution is -0.143. The monoisotopic (exact) mass is 205 g/mol. The van der Waals surface area contributed by atoms with Gasteiger partial charge >= 0.3 is 5.97 Å². The maximum absolute atomic E-state index is 11.0. The Labute approximate surface area is 83.4 Å². The van der Waals surface area contributed by atoms with Crippen molar-refractivity contribution in [3.8, 4) is 0 Å². The van der Waals surface area contributed by atoms with E-state index in [1.165, 1.54) is 5.01 Å². The highest BCUT2D eigenvalue weighted by Gasteiger charge is 2.11. The third kappa shape index (κ3) is 4.64. The second kappa shape index (κ2) is 5.71. The highest BCUT2D eigenvalue weighted by molar-refractivity contribution is 7.80. The van der Waals surface area contributed by atoms with Gasteiger partial charge in [-0.15, -0.1) is 0 Å². The Kier molecular flexibility index (Phi) is 5.33. The normalized spacial score (nSPS) is 9.23. The third-order valence-corrected chi connectivity index (χ3v) is 1.83. The van der Waals surface area contributed by atoms with Gasteiger partial charge < -0.3 is 9.64 Å². The fourth-order valence-electron chi connectivity index (χ4n) is 0.670. The molecule has 76 valence electrons. The fourth-order valence-corrected chi connectivity index (χ4v) is 0.735. The molecule has 0 aliphatic carbocycles. The van der Waals surface area contributed by atoms with E-state index in [1.54, 1.807) is 25.9 Å². The molecule has 0 aromatic carbocycles. The summed E-state index contributed by atoms with van der Waals surface area (Å²) in [5.74, 6) is 5.12. The van der Waals surface area contributed by atoms with E-state index in [2.05, 4.69) is 0 Å². The highest BCUT2D eigenvalue weighted by atomic mass is 32.1. The van der Waals surface area contributed by atoms with Gasteiger partial charge in [0, 0.05) is 14.1 Å². The predicted octanol–water partition coefficient (Wildman–Crippen LogP) is -0.428. The van der Waals surface area contributed by atoms with Gasteiger partial charge in [0.05, 0.1) is 6.61 Å². The van der Waals surface area contributed by atoms with Gasteiger partial charge in [-0.3, -0.25) is 9.80 Å². The Balaban J connectivity index is 3.92. The Bertz CT molecular complexity index is 196. The van der Waals surface area contributed by atoms with Crippen molar-refractivity contribution >= 4 is 23.3 Å². The molecule has 2 N–H and O–H groups in total. The van der Waals surface area contributed by atoms with E-state index in [9.17, 15) is 4.79 Å². The van der Waals surface area contributed by atoms with Gasteiger partial charge in [-0.1, -0.05) is 0 Å². The van der Waals surface area contributed by atoms with Crippen molar-refractivity contribution in [3.05, 3.63) is 0 Å². The number of rotatable bonds is 3. The summed E-state index contributed by atoms with van der Waals surface area (Å²) in [6.07, 6.45) is 0. The van der Waals surface area contributed by atoms with Gasteiger partial charge in [-0.25, -0.2) is 5.84 Å². The molecule has 0 rings (SSSR count). The van der Waals surface area contributed by atoms with Crippen molar-refractivity contribution < 1.29 is 9.53 Å². The van der Waals surface area contributed by atoms with E-state index in [0.29, 0.717) is 11.7 Å². The summed E-state index contributed by atoms with van der Waals surface area (Å²) in [5.41, 5.74) is 0. The molecule has 0 aliphatic heterocycles. The number of carbonyl (C=O) groups is 1. The highest BCUT2D eigenvalue weighted by Crippen LogP contribution is 1.89. The summed E-state index contributed by atoms with van der Waals surface area (Å²) in [5, 5.41) is 1.57. The zero-order chi connectivity index (χ0) is 10.4. The first-order valence-corrected chi connectivity index (χ1v) is 4.29. The zero-order valence-electron chi connectivity index (χ0n) is 8.11. The average molecular weight is 205 g/mol. The van der Waals surface area contributed by atoms with Crippen LogP contribution in [0.4, 0.5) is 0 Å². The Morgan fingerprint density at radius 1 is 1.54 bits per heavy atom. The smallest absolute Gasteiger partial charge is 0.327 e. The van der Waals surface area contributed by atoms with E-state index in [4.69, 9.17) is 22.8 Å². The van der Waals surface area contributed by atoms with Gasteiger partial charge in [-0.05, 0) is 19.1 Å². The van der Waals surface area contributed by atoms with Crippen LogP contribution < -0.4 is 5.84 Å². The minimum Gasteiger partial charge on any atom is -0.465 e. The minimum absolute atomic E-state index is 0.0230. The number of thiocarbonyl (C=S) groups is 1. The molecule has 0 saturated carbocycles. The molecule has 0 aromatic rings. The SMILES string of the molecule is CCOC(=O)CN(N)C(=S)N(C)C. The first kappa shape index (κ1) is 12.1. The number of hydrogen-bond donors (Lipinski definition) is 1. The van der Waals surface area contributed by atoms with Crippen LogP contribution in [-0.2, 0) is 9.53 Å². The Morgan fingerprint density at radius 3 is 2.46 bits per heavy atom.